The number of piperidine rings is 1. The third kappa shape index (κ3) is 18.7. The Hall–Kier alpha value is -7.82. The van der Waals surface area contributed by atoms with Crippen LogP contribution in [0.15, 0.2) is 30.6 Å². The molecule has 4 heterocycles. The number of nitrogens with one attached hydrogen (secondary N) is 8. The first-order chi connectivity index (χ1) is 43.7. The van der Waals surface area contributed by atoms with Gasteiger partial charge in [0.25, 0.3) is 29.5 Å². The van der Waals surface area contributed by atoms with Gasteiger partial charge in [-0.2, -0.15) is 0 Å². The maximum atomic E-state index is 14.9. The minimum atomic E-state index is -1.11. The van der Waals surface area contributed by atoms with Crippen LogP contribution in [0, 0.1) is 23.2 Å². The highest BCUT2D eigenvalue weighted by Crippen LogP contribution is 2.43. The van der Waals surface area contributed by atoms with E-state index >= 15 is 0 Å². The van der Waals surface area contributed by atoms with Crippen molar-refractivity contribution in [3.63, 3.8) is 0 Å². The SMILES string of the molecule is CCC[C@H](NC(=O)[C@@H]1C2CCC[C@H]2CN1C(=O)[C@@H](NC(=O)[C@@H](NC(=O)c1cnc(C(=O)NCCOCCOCCNC(=O)CCOCCOCCNc2cccc3c2C(=O)N(C2CCC(=O)NC2=O)C3=O)cn1)C1CCCCC1)C(C)(C)C)C(=O)C(=O)NC1CC1. The average Bonchev–Trinajstić information content (AvgIpc) is 1.63. The van der Waals surface area contributed by atoms with E-state index in [1.807, 2.05) is 27.7 Å². The summed E-state index contributed by atoms with van der Waals surface area (Å²) < 4.78 is 22.2. The number of anilines is 1. The summed E-state index contributed by atoms with van der Waals surface area (Å²) >= 11 is 0. The Morgan fingerprint density at radius 2 is 1.36 bits per heavy atom. The Balaban J connectivity index is 0.689. The van der Waals surface area contributed by atoms with Crippen molar-refractivity contribution in [2.45, 2.75) is 160 Å². The second-order valence-electron chi connectivity index (χ2n) is 25.1. The Labute approximate surface area is 529 Å². The number of benzene rings is 1. The first-order valence-electron chi connectivity index (χ1n) is 32.1. The molecule has 496 valence electrons. The van der Waals surface area contributed by atoms with Crippen molar-refractivity contribution in [3.8, 4) is 0 Å². The molecule has 6 aliphatic rings. The topological polar surface area (TPSA) is 370 Å². The van der Waals surface area contributed by atoms with E-state index in [2.05, 4.69) is 52.5 Å². The lowest BCUT2D eigenvalue weighted by atomic mass is 9.82. The monoisotopic (exact) mass is 1270 g/mol. The van der Waals surface area contributed by atoms with Gasteiger partial charge in [0.1, 0.15) is 35.6 Å². The molecule has 1 aromatic heterocycles. The van der Waals surface area contributed by atoms with Crippen LogP contribution in [-0.2, 0) is 57.3 Å². The summed E-state index contributed by atoms with van der Waals surface area (Å²) in [5.74, 6) is -7.10. The van der Waals surface area contributed by atoms with Gasteiger partial charge in [-0.25, -0.2) is 9.97 Å². The minimum Gasteiger partial charge on any atom is -0.382 e. The maximum absolute atomic E-state index is 14.9. The lowest BCUT2D eigenvalue weighted by Gasteiger charge is -2.38. The van der Waals surface area contributed by atoms with E-state index in [9.17, 15) is 57.5 Å². The van der Waals surface area contributed by atoms with Crippen molar-refractivity contribution in [1.29, 1.82) is 0 Å². The fraction of sp³-hybridized carbons (Fsp3) is 0.651. The lowest BCUT2D eigenvalue weighted by Crippen LogP contribution is -2.62. The molecule has 28 heteroatoms. The quantitative estimate of drug-likeness (QED) is 0.0278. The molecule has 11 amide bonds. The first kappa shape index (κ1) is 69.1. The first-order valence-corrected chi connectivity index (χ1v) is 32.1. The number of hydrogen-bond donors (Lipinski definition) is 8. The molecule has 8 N–H and O–H groups in total. The molecule has 5 fully saturated rings. The number of rotatable bonds is 34. The third-order valence-electron chi connectivity index (χ3n) is 17.3. The van der Waals surface area contributed by atoms with Crippen molar-refractivity contribution in [2.75, 3.05) is 84.4 Å². The van der Waals surface area contributed by atoms with Crippen LogP contribution in [0.25, 0.3) is 0 Å². The van der Waals surface area contributed by atoms with Crippen LogP contribution in [0.2, 0.25) is 0 Å². The van der Waals surface area contributed by atoms with Gasteiger partial charge in [0.2, 0.25) is 41.2 Å². The summed E-state index contributed by atoms with van der Waals surface area (Å²) in [7, 11) is 0. The second-order valence-corrected chi connectivity index (χ2v) is 25.1. The number of fused-ring (bicyclic) bond motifs is 2. The van der Waals surface area contributed by atoms with Crippen LogP contribution in [0.4, 0.5) is 5.69 Å². The van der Waals surface area contributed by atoms with Gasteiger partial charge < -0.3 is 61.1 Å². The van der Waals surface area contributed by atoms with Crippen molar-refractivity contribution >= 4 is 76.4 Å². The van der Waals surface area contributed by atoms with Crippen molar-refractivity contribution in [3.05, 3.63) is 53.1 Å². The zero-order chi connectivity index (χ0) is 65.2. The van der Waals surface area contributed by atoms with Crippen LogP contribution >= 0.6 is 0 Å². The molecular formula is C63H88N12O16. The van der Waals surface area contributed by atoms with Crippen LogP contribution in [0.3, 0.4) is 0 Å². The predicted octanol–water partition coefficient (Wildman–Crippen LogP) is 1.26. The summed E-state index contributed by atoms with van der Waals surface area (Å²) in [4.78, 5) is 170. The van der Waals surface area contributed by atoms with Crippen molar-refractivity contribution in [2.24, 2.45) is 23.2 Å². The molecule has 91 heavy (non-hydrogen) atoms. The van der Waals surface area contributed by atoms with Crippen LogP contribution in [0.5, 0.6) is 0 Å². The fourth-order valence-electron chi connectivity index (χ4n) is 12.4. The molecule has 0 radical (unpaired) electrons. The van der Waals surface area contributed by atoms with Crippen LogP contribution in [-0.4, -0.2) is 206 Å². The number of aromatic nitrogens is 2. The summed E-state index contributed by atoms with van der Waals surface area (Å²) in [6.45, 7) is 10.1. The normalized spacial score (nSPS) is 20.8. The number of carbonyl (C=O) groups excluding carboxylic acids is 12. The molecule has 3 saturated carbocycles. The van der Waals surface area contributed by atoms with Crippen molar-refractivity contribution in [1.82, 2.24) is 57.0 Å². The van der Waals surface area contributed by atoms with Crippen molar-refractivity contribution < 1.29 is 76.5 Å². The van der Waals surface area contributed by atoms with Crippen LogP contribution in [0.1, 0.15) is 166 Å². The molecule has 1 aromatic carbocycles. The Bertz CT molecular complexity index is 2980. The van der Waals surface area contributed by atoms with Gasteiger partial charge in [-0.1, -0.05) is 65.9 Å². The van der Waals surface area contributed by atoms with Gasteiger partial charge in [0.15, 0.2) is 0 Å². The Morgan fingerprint density at radius 3 is 2.01 bits per heavy atom. The predicted molar refractivity (Wildman–Crippen MR) is 325 cm³/mol. The molecule has 2 saturated heterocycles. The van der Waals surface area contributed by atoms with Gasteiger partial charge in [-0.15, -0.1) is 0 Å². The van der Waals surface area contributed by atoms with Gasteiger partial charge in [-0.05, 0) is 86.7 Å². The lowest BCUT2D eigenvalue weighted by molar-refractivity contribution is -0.146. The molecule has 8 rings (SSSR count). The smallest absolute Gasteiger partial charge is 0.289 e. The fourth-order valence-corrected chi connectivity index (χ4v) is 12.4. The van der Waals surface area contributed by atoms with E-state index in [4.69, 9.17) is 18.9 Å². The summed E-state index contributed by atoms with van der Waals surface area (Å²) in [5, 5.41) is 22.2. The number of ether oxygens (including phenoxy) is 4. The number of carbonyl (C=O) groups is 12. The van der Waals surface area contributed by atoms with E-state index in [1.165, 1.54) is 6.07 Å². The summed E-state index contributed by atoms with van der Waals surface area (Å²) in [6.07, 6.45) is 11.3. The highest BCUT2D eigenvalue weighted by atomic mass is 16.5. The molecular weight excluding hydrogens is 1180 g/mol. The molecule has 2 unspecified atom stereocenters. The average molecular weight is 1270 g/mol. The molecule has 7 atom stereocenters. The minimum absolute atomic E-state index is 0.0278. The molecule has 0 spiro atoms. The summed E-state index contributed by atoms with van der Waals surface area (Å²) in [5.41, 5.74) is -0.277. The van der Waals surface area contributed by atoms with Gasteiger partial charge in [-0.3, -0.25) is 67.8 Å². The standard InChI is InChI=1S/C63H88N12O16/c1-5-11-43(52(78)59(84)69-39-18-19-39)70-58(83)51-40-15-9-14-38(40)36-74(51)62(87)53(63(2,3)4)73-57(82)50(37-12-7-6-8-13-37)72-55(80)45-35-67-44(34-68-45)54(79)66-25-29-91-33-32-90-28-24-65-47(76)22-26-88-30-31-89-27-23-64-42-17-10-16-41-49(42)61(86)75(60(41)85)46-20-21-48(77)71-56(46)81/h10,16-17,34-35,37-40,43,46,50-51,53,64H,5-9,11-15,18-33,36H2,1-4H3,(H,65,76)(H,66,79)(H,69,84)(H,70,83)(H,72,80)(H,73,82)(H,71,77,81)/t38-,40?,43-,46?,50-,51-,53+/m0/s1. The molecule has 3 aliphatic heterocycles. The molecule has 3 aliphatic carbocycles. The highest BCUT2D eigenvalue weighted by molar-refractivity contribution is 6.38. The molecule has 0 bridgehead atoms. The number of imide groups is 2. The zero-order valence-corrected chi connectivity index (χ0v) is 52.5. The van der Waals surface area contributed by atoms with E-state index in [0.29, 0.717) is 44.5 Å². The second kappa shape index (κ2) is 33.0. The Morgan fingerprint density at radius 1 is 0.703 bits per heavy atom. The zero-order valence-electron chi connectivity index (χ0n) is 52.5. The number of ketones is 1. The van der Waals surface area contributed by atoms with Gasteiger partial charge in [0, 0.05) is 50.7 Å². The number of hydrogen-bond acceptors (Lipinski definition) is 19. The summed E-state index contributed by atoms with van der Waals surface area (Å²) in [6, 6.07) is -0.402. The van der Waals surface area contributed by atoms with E-state index in [1.54, 1.807) is 17.0 Å². The number of Topliss-reactive ketones (excluding diaryl/α,β-unsaturated/α-hetero) is 1. The molecule has 28 nitrogen and oxygen atoms in total. The van der Waals surface area contributed by atoms with E-state index in [0.717, 1.165) is 62.2 Å². The number of nitrogens with zero attached hydrogens (tertiary/aromatic N) is 4. The van der Waals surface area contributed by atoms with Crippen LogP contribution < -0.4 is 42.5 Å². The third-order valence-corrected chi connectivity index (χ3v) is 17.3. The number of likely N-dealkylation sites (tertiary alicyclic amines) is 1. The largest absolute Gasteiger partial charge is 0.382 e. The van der Waals surface area contributed by atoms with Gasteiger partial charge >= 0.3 is 0 Å². The van der Waals surface area contributed by atoms with E-state index in [-0.39, 0.29) is 144 Å². The van der Waals surface area contributed by atoms with E-state index < -0.39 is 100 Å². The number of amides is 11. The maximum Gasteiger partial charge on any atom is 0.289 e. The highest BCUT2D eigenvalue weighted by Gasteiger charge is 2.53. The Kier molecular flexibility index (Phi) is 25.0. The molecule has 2 aromatic rings. The van der Waals surface area contributed by atoms with Gasteiger partial charge in [0.05, 0.1) is 82.4 Å².